The van der Waals surface area contributed by atoms with Gasteiger partial charge in [-0.25, -0.2) is 0 Å². The SMILES string of the molecule is C1=Cc2c(-c3ccco3)c3c(cc2=C1)C=CC=3. The maximum absolute atomic E-state index is 5.57. The van der Waals surface area contributed by atoms with E-state index in [-0.39, 0.29) is 0 Å². The van der Waals surface area contributed by atoms with Crippen LogP contribution in [0.5, 0.6) is 0 Å². The first kappa shape index (κ1) is 8.82. The van der Waals surface area contributed by atoms with E-state index in [4.69, 9.17) is 4.42 Å². The predicted octanol–water partition coefficient (Wildman–Crippen LogP) is 2.56. The molecule has 0 atom stereocenters. The fraction of sp³-hybridized carbons (Fsp3) is 0. The Labute approximate surface area is 98.7 Å². The van der Waals surface area contributed by atoms with Gasteiger partial charge in [0.25, 0.3) is 0 Å². The summed E-state index contributed by atoms with van der Waals surface area (Å²) >= 11 is 0. The molecule has 1 heterocycles. The van der Waals surface area contributed by atoms with E-state index in [1.165, 1.54) is 27.1 Å². The third-order valence-electron chi connectivity index (χ3n) is 3.32. The van der Waals surface area contributed by atoms with Crippen molar-refractivity contribution in [1.82, 2.24) is 0 Å². The van der Waals surface area contributed by atoms with Gasteiger partial charge in [-0.3, -0.25) is 0 Å². The van der Waals surface area contributed by atoms with Crippen LogP contribution < -0.4 is 10.4 Å². The van der Waals surface area contributed by atoms with Crippen molar-refractivity contribution in [1.29, 1.82) is 0 Å². The van der Waals surface area contributed by atoms with Crippen LogP contribution in [0.1, 0.15) is 11.1 Å². The Hall–Kier alpha value is -2.28. The average molecular weight is 218 g/mol. The fourth-order valence-electron chi connectivity index (χ4n) is 2.57. The first-order chi connectivity index (χ1) is 8.43. The number of furan rings is 1. The molecule has 0 bridgehead atoms. The smallest absolute Gasteiger partial charge is 0.135 e. The Morgan fingerprint density at radius 1 is 1.00 bits per heavy atom. The molecule has 17 heavy (non-hydrogen) atoms. The third kappa shape index (κ3) is 1.14. The zero-order valence-electron chi connectivity index (χ0n) is 9.18. The van der Waals surface area contributed by atoms with E-state index < -0.39 is 0 Å². The molecule has 2 aliphatic rings. The van der Waals surface area contributed by atoms with Crippen molar-refractivity contribution < 1.29 is 4.42 Å². The van der Waals surface area contributed by atoms with Gasteiger partial charge in [0, 0.05) is 5.56 Å². The summed E-state index contributed by atoms with van der Waals surface area (Å²) in [7, 11) is 0. The van der Waals surface area contributed by atoms with Crippen LogP contribution in [-0.4, -0.2) is 0 Å². The highest BCUT2D eigenvalue weighted by molar-refractivity contribution is 5.84. The first-order valence-corrected chi connectivity index (χ1v) is 5.71. The van der Waals surface area contributed by atoms with Gasteiger partial charge in [-0.15, -0.1) is 0 Å². The number of allylic oxidation sites excluding steroid dienone is 2. The molecule has 0 N–H and O–H groups in total. The standard InChI is InChI=1S/C16H10O/c1-4-11-10-12-5-2-7-14(12)16(13(11)6-1)15-8-3-9-17-15/h1-10H. The van der Waals surface area contributed by atoms with Gasteiger partial charge in [-0.2, -0.15) is 0 Å². The van der Waals surface area contributed by atoms with Crippen LogP contribution >= 0.6 is 0 Å². The largest absolute Gasteiger partial charge is 0.464 e. The lowest BCUT2D eigenvalue weighted by atomic mass is 9.99. The van der Waals surface area contributed by atoms with E-state index in [2.05, 4.69) is 42.5 Å². The molecule has 0 spiro atoms. The van der Waals surface area contributed by atoms with Gasteiger partial charge >= 0.3 is 0 Å². The van der Waals surface area contributed by atoms with Crippen molar-refractivity contribution in [2.45, 2.75) is 0 Å². The molecule has 2 aromatic rings. The predicted molar refractivity (Wildman–Crippen MR) is 70.4 cm³/mol. The number of fused-ring (bicyclic) bond motifs is 2. The lowest BCUT2D eigenvalue weighted by molar-refractivity contribution is 0.582. The second-order valence-corrected chi connectivity index (χ2v) is 4.29. The number of hydrogen-bond donors (Lipinski definition) is 0. The summed E-state index contributed by atoms with van der Waals surface area (Å²) < 4.78 is 5.57. The highest BCUT2D eigenvalue weighted by Crippen LogP contribution is 2.23. The maximum Gasteiger partial charge on any atom is 0.135 e. The van der Waals surface area contributed by atoms with Crippen LogP contribution in [-0.2, 0) is 0 Å². The molecule has 1 aromatic carbocycles. The van der Waals surface area contributed by atoms with Crippen LogP contribution in [0.4, 0.5) is 0 Å². The van der Waals surface area contributed by atoms with Crippen molar-refractivity contribution in [3.8, 4) is 11.3 Å². The molecule has 0 radical (unpaired) electrons. The molecule has 4 rings (SSSR count). The maximum atomic E-state index is 5.57. The molecule has 0 saturated carbocycles. The van der Waals surface area contributed by atoms with Crippen molar-refractivity contribution in [3.05, 3.63) is 58.2 Å². The molecule has 80 valence electrons. The van der Waals surface area contributed by atoms with Crippen LogP contribution in [0.25, 0.3) is 35.6 Å². The minimum atomic E-state index is 0.943. The van der Waals surface area contributed by atoms with Crippen molar-refractivity contribution >= 4 is 24.3 Å². The Bertz CT molecular complexity index is 772. The lowest BCUT2D eigenvalue weighted by Gasteiger charge is -2.06. The second-order valence-electron chi connectivity index (χ2n) is 4.29. The summed E-state index contributed by atoms with van der Waals surface area (Å²) in [5.74, 6) is 0.943. The highest BCUT2D eigenvalue weighted by atomic mass is 16.3. The minimum absolute atomic E-state index is 0.943. The lowest BCUT2D eigenvalue weighted by Crippen LogP contribution is -2.17. The molecule has 1 nitrogen and oxygen atoms in total. The Kier molecular flexibility index (Phi) is 1.61. The molecule has 1 aromatic heterocycles. The Balaban J connectivity index is 2.21. The molecular weight excluding hydrogens is 208 g/mol. The van der Waals surface area contributed by atoms with Gasteiger partial charge in [0.05, 0.1) is 6.26 Å². The fourth-order valence-corrected chi connectivity index (χ4v) is 2.57. The van der Waals surface area contributed by atoms with Crippen molar-refractivity contribution in [2.75, 3.05) is 0 Å². The van der Waals surface area contributed by atoms with Gasteiger partial charge in [-0.05, 0) is 39.8 Å². The summed E-state index contributed by atoms with van der Waals surface area (Å²) in [4.78, 5) is 0. The Morgan fingerprint density at radius 2 is 1.94 bits per heavy atom. The van der Waals surface area contributed by atoms with Gasteiger partial charge in [-0.1, -0.05) is 36.5 Å². The minimum Gasteiger partial charge on any atom is -0.464 e. The monoisotopic (exact) mass is 218 g/mol. The quantitative estimate of drug-likeness (QED) is 0.717. The van der Waals surface area contributed by atoms with E-state index in [9.17, 15) is 0 Å². The van der Waals surface area contributed by atoms with E-state index in [1.807, 2.05) is 12.1 Å². The molecule has 1 heteroatoms. The first-order valence-electron chi connectivity index (χ1n) is 5.71. The van der Waals surface area contributed by atoms with E-state index in [0.717, 1.165) is 5.76 Å². The van der Waals surface area contributed by atoms with Crippen LogP contribution in [0.3, 0.4) is 0 Å². The molecule has 0 amide bonds. The van der Waals surface area contributed by atoms with Crippen LogP contribution in [0.2, 0.25) is 0 Å². The van der Waals surface area contributed by atoms with Gasteiger partial charge < -0.3 is 4.42 Å². The number of hydrogen-bond acceptors (Lipinski definition) is 1. The molecule has 2 aliphatic carbocycles. The summed E-state index contributed by atoms with van der Waals surface area (Å²) in [5.41, 5.74) is 3.74. The average Bonchev–Trinajstić information content (AvgIpc) is 3.06. The normalized spacial score (nSPS) is 14.4. The second kappa shape index (κ2) is 3.11. The molecule has 0 saturated heterocycles. The van der Waals surface area contributed by atoms with Crippen LogP contribution in [0, 0.1) is 0 Å². The summed E-state index contributed by atoms with van der Waals surface area (Å²) in [6, 6.07) is 6.19. The van der Waals surface area contributed by atoms with E-state index >= 15 is 0 Å². The topological polar surface area (TPSA) is 13.1 Å². The molecule has 0 unspecified atom stereocenters. The number of rotatable bonds is 1. The Morgan fingerprint density at radius 3 is 2.82 bits per heavy atom. The van der Waals surface area contributed by atoms with E-state index in [1.54, 1.807) is 6.26 Å². The molecular formula is C16H10O. The zero-order valence-corrected chi connectivity index (χ0v) is 9.18. The number of benzene rings is 1. The third-order valence-corrected chi connectivity index (χ3v) is 3.32. The van der Waals surface area contributed by atoms with Gasteiger partial charge in [0.2, 0.25) is 0 Å². The van der Waals surface area contributed by atoms with Crippen molar-refractivity contribution in [3.63, 3.8) is 0 Å². The zero-order chi connectivity index (χ0) is 11.2. The highest BCUT2D eigenvalue weighted by Gasteiger charge is 2.14. The van der Waals surface area contributed by atoms with E-state index in [0.29, 0.717) is 0 Å². The molecule has 0 aliphatic heterocycles. The van der Waals surface area contributed by atoms with Gasteiger partial charge in [0.1, 0.15) is 5.76 Å². The summed E-state index contributed by atoms with van der Waals surface area (Å²) in [6.45, 7) is 0. The van der Waals surface area contributed by atoms with Crippen LogP contribution in [0.15, 0.2) is 41.0 Å². The van der Waals surface area contributed by atoms with Crippen molar-refractivity contribution in [2.24, 2.45) is 0 Å². The molecule has 0 fully saturated rings. The van der Waals surface area contributed by atoms with Gasteiger partial charge in [0.15, 0.2) is 0 Å². The summed E-state index contributed by atoms with van der Waals surface area (Å²) in [6.07, 6.45) is 14.5. The summed E-state index contributed by atoms with van der Waals surface area (Å²) in [5, 5.41) is 2.54.